The molecule has 0 aromatic heterocycles. The van der Waals surface area contributed by atoms with Crippen LogP contribution in [-0.2, 0) is 22.3 Å². The normalized spacial score (nSPS) is 42.5. The molecule has 4 rings (SSSR count). The molecule has 180 valence electrons. The van der Waals surface area contributed by atoms with Gasteiger partial charge in [0.1, 0.15) is 61.0 Å². The fourth-order valence-corrected chi connectivity index (χ4v) is 5.03. The Morgan fingerprint density at radius 1 is 0.594 bits per heavy atom. The fraction of sp³-hybridized carbons (Fsp3) is 0.727. The molecule has 0 radical (unpaired) electrons. The lowest BCUT2D eigenvalue weighted by atomic mass is 9.80. The lowest BCUT2D eigenvalue weighted by Crippen LogP contribution is -2.56. The summed E-state index contributed by atoms with van der Waals surface area (Å²) in [6.07, 6.45) is -10.3. The lowest BCUT2D eigenvalue weighted by molar-refractivity contribution is -0.238. The summed E-state index contributed by atoms with van der Waals surface area (Å²) in [5.74, 6) is 0. The third-order valence-electron chi connectivity index (χ3n) is 6.95. The Hall–Kier alpha value is -1.18. The molecule has 10 atom stereocenters. The van der Waals surface area contributed by atoms with Crippen LogP contribution in [0.15, 0.2) is 12.1 Å². The predicted octanol–water partition coefficient (Wildman–Crippen LogP) is -2.40. The maximum Gasteiger partial charge on any atom is 0.113 e. The molecule has 2 fully saturated rings. The van der Waals surface area contributed by atoms with Crippen LogP contribution in [0.2, 0.25) is 0 Å². The van der Waals surface area contributed by atoms with E-state index in [1.54, 1.807) is 12.1 Å². The number of aliphatic hydroxyl groups is 8. The summed E-state index contributed by atoms with van der Waals surface area (Å²) in [6.45, 7) is -1.16. The summed E-state index contributed by atoms with van der Waals surface area (Å²) in [5.41, 5.74) is 2.78. The Kier molecular flexibility index (Phi) is 7.18. The molecule has 10 heteroatoms. The molecule has 10 nitrogen and oxygen atoms in total. The summed E-state index contributed by atoms with van der Waals surface area (Å²) in [6, 6.07) is 3.61. The second-order valence-corrected chi connectivity index (χ2v) is 8.96. The SMILES string of the molecule is OC[C@H]1O[C@@H](c2cc3c(cc2[C@@H]2O[C@H](CO)[C@@H](O)[C@H](O)[C@H]2O)CCCC3)[C@H](O)[C@@H](O)[C@@H]1O. The topological polar surface area (TPSA) is 180 Å². The lowest BCUT2D eigenvalue weighted by Gasteiger charge is -2.44. The smallest absolute Gasteiger partial charge is 0.113 e. The van der Waals surface area contributed by atoms with Crippen molar-refractivity contribution < 1.29 is 50.3 Å². The molecule has 2 aliphatic heterocycles. The van der Waals surface area contributed by atoms with E-state index >= 15 is 0 Å². The number of ether oxygens (including phenoxy) is 2. The zero-order chi connectivity index (χ0) is 23.2. The van der Waals surface area contributed by atoms with Gasteiger partial charge < -0.3 is 50.3 Å². The van der Waals surface area contributed by atoms with Gasteiger partial charge in [-0.05, 0) is 47.9 Å². The van der Waals surface area contributed by atoms with Crippen LogP contribution >= 0.6 is 0 Å². The molecule has 2 heterocycles. The van der Waals surface area contributed by atoms with Crippen LogP contribution in [0.4, 0.5) is 0 Å². The molecule has 1 aromatic carbocycles. The average molecular weight is 456 g/mol. The van der Waals surface area contributed by atoms with Gasteiger partial charge in [0.15, 0.2) is 0 Å². The Bertz CT molecular complexity index is 734. The highest BCUT2D eigenvalue weighted by atomic mass is 16.6. The monoisotopic (exact) mass is 456 g/mol. The third-order valence-corrected chi connectivity index (χ3v) is 6.95. The molecular formula is C22H32O10. The Balaban J connectivity index is 1.80. The zero-order valence-corrected chi connectivity index (χ0v) is 17.6. The predicted molar refractivity (Wildman–Crippen MR) is 109 cm³/mol. The van der Waals surface area contributed by atoms with E-state index in [2.05, 4.69) is 0 Å². The van der Waals surface area contributed by atoms with Crippen molar-refractivity contribution in [2.75, 3.05) is 13.2 Å². The summed E-state index contributed by atoms with van der Waals surface area (Å²) in [5, 5.41) is 81.5. The van der Waals surface area contributed by atoms with Gasteiger partial charge in [-0.3, -0.25) is 0 Å². The maximum absolute atomic E-state index is 10.7. The molecule has 0 spiro atoms. The Labute approximate surface area is 185 Å². The van der Waals surface area contributed by atoms with Crippen LogP contribution in [0.1, 0.15) is 47.3 Å². The Morgan fingerprint density at radius 2 is 0.969 bits per heavy atom. The van der Waals surface area contributed by atoms with Gasteiger partial charge in [-0.25, -0.2) is 0 Å². The van der Waals surface area contributed by atoms with E-state index in [0.29, 0.717) is 11.1 Å². The first-order valence-corrected chi connectivity index (χ1v) is 11.0. The van der Waals surface area contributed by atoms with E-state index in [4.69, 9.17) is 9.47 Å². The summed E-state index contributed by atoms with van der Waals surface area (Å²) in [7, 11) is 0. The number of hydrogen-bond donors (Lipinski definition) is 8. The number of hydrogen-bond acceptors (Lipinski definition) is 10. The van der Waals surface area contributed by atoms with Gasteiger partial charge in [0.2, 0.25) is 0 Å². The van der Waals surface area contributed by atoms with Crippen molar-refractivity contribution in [2.45, 2.75) is 86.7 Å². The highest BCUT2D eigenvalue weighted by Crippen LogP contribution is 2.42. The minimum absolute atomic E-state index is 0.381. The zero-order valence-electron chi connectivity index (χ0n) is 17.6. The van der Waals surface area contributed by atoms with Crippen LogP contribution in [0, 0.1) is 0 Å². The molecule has 0 bridgehead atoms. The molecule has 32 heavy (non-hydrogen) atoms. The summed E-state index contributed by atoms with van der Waals surface area (Å²) >= 11 is 0. The van der Waals surface area contributed by atoms with Crippen molar-refractivity contribution in [2.24, 2.45) is 0 Å². The second-order valence-electron chi connectivity index (χ2n) is 8.96. The van der Waals surface area contributed by atoms with Gasteiger partial charge in [0.25, 0.3) is 0 Å². The van der Waals surface area contributed by atoms with Crippen molar-refractivity contribution in [3.63, 3.8) is 0 Å². The van der Waals surface area contributed by atoms with Crippen LogP contribution in [0.25, 0.3) is 0 Å². The van der Waals surface area contributed by atoms with Crippen molar-refractivity contribution in [3.05, 3.63) is 34.4 Å². The first-order valence-electron chi connectivity index (χ1n) is 11.0. The van der Waals surface area contributed by atoms with E-state index in [0.717, 1.165) is 36.8 Å². The first kappa shape index (κ1) is 24.0. The molecule has 3 aliphatic rings. The van der Waals surface area contributed by atoms with Gasteiger partial charge in [0, 0.05) is 0 Å². The van der Waals surface area contributed by atoms with E-state index in [1.807, 2.05) is 0 Å². The molecule has 1 aliphatic carbocycles. The largest absolute Gasteiger partial charge is 0.394 e. The van der Waals surface area contributed by atoms with Crippen molar-refractivity contribution in [1.29, 1.82) is 0 Å². The number of aliphatic hydroxyl groups excluding tert-OH is 8. The van der Waals surface area contributed by atoms with Crippen molar-refractivity contribution in [1.82, 2.24) is 0 Å². The van der Waals surface area contributed by atoms with Crippen LogP contribution in [0.3, 0.4) is 0 Å². The maximum atomic E-state index is 10.7. The molecule has 0 unspecified atom stereocenters. The van der Waals surface area contributed by atoms with E-state index in [9.17, 15) is 40.9 Å². The minimum Gasteiger partial charge on any atom is -0.394 e. The van der Waals surface area contributed by atoms with Gasteiger partial charge in [0.05, 0.1) is 13.2 Å². The fourth-order valence-electron chi connectivity index (χ4n) is 5.03. The van der Waals surface area contributed by atoms with Crippen LogP contribution in [0.5, 0.6) is 0 Å². The van der Waals surface area contributed by atoms with Crippen LogP contribution in [-0.4, -0.2) is 103 Å². The number of benzene rings is 1. The van der Waals surface area contributed by atoms with E-state index < -0.39 is 74.3 Å². The van der Waals surface area contributed by atoms with Gasteiger partial charge in [-0.2, -0.15) is 0 Å². The molecule has 0 amide bonds. The molecule has 2 saturated heterocycles. The Morgan fingerprint density at radius 3 is 1.31 bits per heavy atom. The first-order chi connectivity index (χ1) is 15.3. The molecule has 1 aromatic rings. The van der Waals surface area contributed by atoms with E-state index in [1.165, 1.54) is 0 Å². The second kappa shape index (κ2) is 9.59. The highest BCUT2D eigenvalue weighted by Gasteiger charge is 2.48. The van der Waals surface area contributed by atoms with E-state index in [-0.39, 0.29) is 0 Å². The van der Waals surface area contributed by atoms with Crippen molar-refractivity contribution in [3.8, 4) is 0 Å². The van der Waals surface area contributed by atoms with Gasteiger partial charge in [-0.1, -0.05) is 12.1 Å². The summed E-state index contributed by atoms with van der Waals surface area (Å²) < 4.78 is 11.5. The number of fused-ring (bicyclic) bond motifs is 1. The number of aryl methyl sites for hydroxylation is 2. The standard InChI is InChI=1S/C22H32O10/c23-7-13-15(25)17(27)19(29)21(31-13)11-5-9-3-1-2-4-10(9)6-12(11)22-20(30)18(28)16(26)14(8-24)32-22/h5-6,13-30H,1-4,7-8H2/t13-,14-,15-,16-,17+,18+,19-,20-,21+,22+/m1/s1. The average Bonchev–Trinajstić information content (AvgIpc) is 2.81. The third kappa shape index (κ3) is 4.09. The minimum atomic E-state index is -1.58. The quantitative estimate of drug-likeness (QED) is 0.243. The van der Waals surface area contributed by atoms with Gasteiger partial charge in [-0.15, -0.1) is 0 Å². The van der Waals surface area contributed by atoms with Crippen LogP contribution < -0.4 is 0 Å². The molecule has 8 N–H and O–H groups in total. The molecular weight excluding hydrogens is 424 g/mol. The van der Waals surface area contributed by atoms with Gasteiger partial charge >= 0.3 is 0 Å². The molecule has 0 saturated carbocycles. The number of rotatable bonds is 4. The summed E-state index contributed by atoms with van der Waals surface area (Å²) in [4.78, 5) is 0. The highest BCUT2D eigenvalue weighted by molar-refractivity contribution is 5.43. The van der Waals surface area contributed by atoms with Crippen molar-refractivity contribution >= 4 is 0 Å².